The van der Waals surface area contributed by atoms with Crippen molar-refractivity contribution in [2.45, 2.75) is 6.92 Å². The van der Waals surface area contributed by atoms with Gasteiger partial charge in [0.05, 0.1) is 28.0 Å². The maximum atomic E-state index is 13.1. The van der Waals surface area contributed by atoms with Gasteiger partial charge in [-0.1, -0.05) is 24.3 Å². The molecule has 33 heavy (non-hydrogen) atoms. The van der Waals surface area contributed by atoms with Crippen molar-refractivity contribution in [2.24, 2.45) is 0 Å². The van der Waals surface area contributed by atoms with Crippen LogP contribution in [0.2, 0.25) is 0 Å². The monoisotopic (exact) mass is 431 g/mol. The highest BCUT2D eigenvalue weighted by Gasteiger charge is 2.19. The smallest absolute Gasteiger partial charge is 0.276 e. The van der Waals surface area contributed by atoms with E-state index in [1.54, 1.807) is 47.4 Å². The molecule has 0 spiro atoms. The highest BCUT2D eigenvalue weighted by atomic mass is 16.2. The number of nitriles is 1. The molecule has 1 N–H and O–H groups in total. The Kier molecular flexibility index (Phi) is 5.05. The van der Waals surface area contributed by atoms with Gasteiger partial charge in [-0.15, -0.1) is 0 Å². The van der Waals surface area contributed by atoms with E-state index in [1.807, 2.05) is 43.3 Å². The van der Waals surface area contributed by atoms with Gasteiger partial charge in [-0.2, -0.15) is 10.4 Å². The minimum Gasteiger partial charge on any atom is -0.319 e. The summed E-state index contributed by atoms with van der Waals surface area (Å²) in [5.41, 5.74) is 4.82. The van der Waals surface area contributed by atoms with Crippen LogP contribution in [0.1, 0.15) is 21.7 Å². The van der Waals surface area contributed by atoms with Gasteiger partial charge in [-0.3, -0.25) is 14.8 Å². The van der Waals surface area contributed by atoms with E-state index >= 15 is 0 Å². The molecule has 5 rings (SSSR count). The zero-order valence-corrected chi connectivity index (χ0v) is 17.6. The third-order valence-electron chi connectivity index (χ3n) is 5.09. The number of aromatic nitrogens is 5. The number of hydrogen-bond donors (Lipinski definition) is 1. The van der Waals surface area contributed by atoms with Crippen LogP contribution in [0.15, 0.2) is 79.1 Å². The van der Waals surface area contributed by atoms with Crippen LogP contribution >= 0.6 is 0 Å². The van der Waals surface area contributed by atoms with Crippen LogP contribution in [0, 0.1) is 18.3 Å². The maximum Gasteiger partial charge on any atom is 0.276 e. The molecule has 0 aliphatic carbocycles. The predicted octanol–water partition coefficient (Wildman–Crippen LogP) is 4.31. The lowest BCUT2D eigenvalue weighted by Gasteiger charge is -2.08. The Morgan fingerprint density at radius 2 is 1.79 bits per heavy atom. The van der Waals surface area contributed by atoms with Gasteiger partial charge in [0.15, 0.2) is 11.5 Å². The molecule has 5 aromatic rings. The number of carbonyl (C=O) groups is 1. The number of nitrogens with one attached hydrogen (secondary N) is 1. The van der Waals surface area contributed by atoms with Crippen molar-refractivity contribution in [2.75, 3.05) is 5.32 Å². The van der Waals surface area contributed by atoms with E-state index in [0.29, 0.717) is 22.8 Å². The molecule has 0 aliphatic rings. The number of carbonyl (C=O) groups excluding carboxylic acids is 1. The molecular formula is C25H17N7O. The zero-order valence-electron chi connectivity index (χ0n) is 17.6. The molecule has 0 unspecified atom stereocenters. The third kappa shape index (κ3) is 3.91. The summed E-state index contributed by atoms with van der Waals surface area (Å²) in [6.07, 6.45) is 3.28. The van der Waals surface area contributed by atoms with Crippen LogP contribution in [0.3, 0.4) is 0 Å². The van der Waals surface area contributed by atoms with Gasteiger partial charge in [0, 0.05) is 23.7 Å². The van der Waals surface area contributed by atoms with E-state index in [1.165, 1.54) is 0 Å². The number of amides is 1. The number of aryl methyl sites for hydroxylation is 1. The second-order valence-electron chi connectivity index (χ2n) is 7.34. The summed E-state index contributed by atoms with van der Waals surface area (Å²) < 4.78 is 1.63. The Bertz CT molecular complexity index is 1550. The zero-order chi connectivity index (χ0) is 22.8. The van der Waals surface area contributed by atoms with Crippen LogP contribution in [-0.2, 0) is 0 Å². The summed E-state index contributed by atoms with van der Waals surface area (Å²) in [5, 5.41) is 16.7. The Balaban J connectivity index is 1.61. The first-order chi connectivity index (χ1) is 16.1. The molecule has 8 heteroatoms. The summed E-state index contributed by atoms with van der Waals surface area (Å²) >= 11 is 0. The molecule has 0 saturated carbocycles. The van der Waals surface area contributed by atoms with Crippen molar-refractivity contribution >= 4 is 22.6 Å². The highest BCUT2D eigenvalue weighted by Crippen LogP contribution is 2.26. The number of para-hydroxylation sites is 1. The van der Waals surface area contributed by atoms with Crippen molar-refractivity contribution < 1.29 is 4.79 Å². The summed E-state index contributed by atoms with van der Waals surface area (Å²) in [4.78, 5) is 26.3. The molecule has 1 amide bonds. The van der Waals surface area contributed by atoms with E-state index in [4.69, 9.17) is 0 Å². The molecule has 8 nitrogen and oxygen atoms in total. The van der Waals surface area contributed by atoms with E-state index in [-0.39, 0.29) is 5.69 Å². The number of anilines is 1. The number of nitrogens with zero attached hydrogens (tertiary/aromatic N) is 6. The van der Waals surface area contributed by atoms with Gasteiger partial charge < -0.3 is 5.32 Å². The van der Waals surface area contributed by atoms with E-state index in [9.17, 15) is 10.1 Å². The SMILES string of the molecule is Cc1cccc(-n2nc(C(=O)Nc3ccccc3C#N)cc2-c2ccc3nccnc3c2)n1. The van der Waals surface area contributed by atoms with Crippen LogP contribution in [-0.4, -0.2) is 30.6 Å². The van der Waals surface area contributed by atoms with Crippen molar-refractivity contribution in [3.8, 4) is 23.1 Å². The number of pyridine rings is 1. The second-order valence-corrected chi connectivity index (χ2v) is 7.34. The van der Waals surface area contributed by atoms with Gasteiger partial charge in [0.25, 0.3) is 5.91 Å². The molecule has 0 fully saturated rings. The maximum absolute atomic E-state index is 13.1. The summed E-state index contributed by atoms with van der Waals surface area (Å²) in [6, 6.07) is 21.9. The average molecular weight is 431 g/mol. The predicted molar refractivity (Wildman–Crippen MR) is 124 cm³/mol. The molecule has 2 aromatic carbocycles. The van der Waals surface area contributed by atoms with Gasteiger partial charge in [-0.05, 0) is 49.4 Å². The molecule has 0 saturated heterocycles. The Labute approximate surface area is 189 Å². The van der Waals surface area contributed by atoms with Crippen molar-refractivity contribution in [1.29, 1.82) is 5.26 Å². The lowest BCUT2D eigenvalue weighted by molar-refractivity contribution is 0.102. The number of benzene rings is 2. The fraction of sp³-hybridized carbons (Fsp3) is 0.0400. The van der Waals surface area contributed by atoms with Crippen LogP contribution < -0.4 is 5.32 Å². The molecule has 0 radical (unpaired) electrons. The first-order valence-electron chi connectivity index (χ1n) is 10.2. The van der Waals surface area contributed by atoms with E-state index in [2.05, 4.69) is 31.4 Å². The highest BCUT2D eigenvalue weighted by molar-refractivity contribution is 6.04. The van der Waals surface area contributed by atoms with Gasteiger partial charge in [0.2, 0.25) is 0 Å². The minimum atomic E-state index is -0.425. The van der Waals surface area contributed by atoms with Gasteiger partial charge in [0.1, 0.15) is 6.07 Å². The molecule has 0 atom stereocenters. The lowest BCUT2D eigenvalue weighted by Crippen LogP contribution is -2.14. The fourth-order valence-electron chi connectivity index (χ4n) is 3.52. The van der Waals surface area contributed by atoms with Gasteiger partial charge >= 0.3 is 0 Å². The summed E-state index contributed by atoms with van der Waals surface area (Å²) in [6.45, 7) is 1.89. The van der Waals surface area contributed by atoms with E-state index < -0.39 is 5.91 Å². The van der Waals surface area contributed by atoms with Crippen LogP contribution in [0.4, 0.5) is 5.69 Å². The van der Waals surface area contributed by atoms with Crippen LogP contribution in [0.25, 0.3) is 28.1 Å². The standard InChI is InChI=1S/C25H17N7O/c1-16-5-4-8-24(29-16)32-23(17-9-10-20-21(13-17)28-12-11-27-20)14-22(31-32)25(33)30-19-7-3-2-6-18(19)15-26/h2-14H,1H3,(H,30,33). The van der Waals surface area contributed by atoms with Crippen molar-refractivity contribution in [1.82, 2.24) is 24.7 Å². The van der Waals surface area contributed by atoms with Crippen molar-refractivity contribution in [3.05, 3.63) is 96.1 Å². The van der Waals surface area contributed by atoms with Gasteiger partial charge in [-0.25, -0.2) is 9.67 Å². The largest absolute Gasteiger partial charge is 0.319 e. The lowest BCUT2D eigenvalue weighted by atomic mass is 10.1. The normalized spacial score (nSPS) is 10.7. The number of fused-ring (bicyclic) bond motifs is 1. The quantitative estimate of drug-likeness (QED) is 0.454. The minimum absolute atomic E-state index is 0.195. The average Bonchev–Trinajstić information content (AvgIpc) is 3.30. The molecular weight excluding hydrogens is 414 g/mol. The molecule has 3 heterocycles. The van der Waals surface area contributed by atoms with Crippen molar-refractivity contribution in [3.63, 3.8) is 0 Å². The third-order valence-corrected chi connectivity index (χ3v) is 5.09. The molecule has 0 aliphatic heterocycles. The summed E-state index contributed by atoms with van der Waals surface area (Å²) in [5.74, 6) is 0.159. The Hall–Kier alpha value is -4.90. The molecule has 0 bridgehead atoms. The molecule has 3 aromatic heterocycles. The first kappa shape index (κ1) is 20.0. The van der Waals surface area contributed by atoms with Crippen LogP contribution in [0.5, 0.6) is 0 Å². The number of rotatable bonds is 4. The second kappa shape index (κ2) is 8.32. The molecule has 158 valence electrons. The first-order valence-corrected chi connectivity index (χ1v) is 10.2. The number of hydrogen-bond acceptors (Lipinski definition) is 6. The van der Waals surface area contributed by atoms with E-state index in [0.717, 1.165) is 22.3 Å². The fourth-order valence-corrected chi connectivity index (χ4v) is 3.52. The Morgan fingerprint density at radius 3 is 2.61 bits per heavy atom. The summed E-state index contributed by atoms with van der Waals surface area (Å²) in [7, 11) is 0. The topological polar surface area (TPSA) is 109 Å². The Morgan fingerprint density at radius 1 is 0.970 bits per heavy atom.